The molecule has 2 amide bonds. The van der Waals surface area contributed by atoms with Crippen molar-refractivity contribution in [3.8, 4) is 0 Å². The number of anilines is 2. The van der Waals surface area contributed by atoms with Gasteiger partial charge in [-0.3, -0.25) is 9.59 Å². The van der Waals surface area contributed by atoms with Crippen LogP contribution in [0.25, 0.3) is 21.8 Å². The van der Waals surface area contributed by atoms with Crippen LogP contribution in [0.3, 0.4) is 0 Å². The van der Waals surface area contributed by atoms with Crippen LogP contribution in [0.2, 0.25) is 0 Å². The SMILES string of the molecule is NC(N)=NCC(=O)Nc1ccc2[nH]c(C(=O)Nc3ccc4[nH]c(C(=O)O)cc4c3)cc2c1. The molecule has 9 N–H and O–H groups in total. The smallest absolute Gasteiger partial charge is 0.352 e. The second kappa shape index (κ2) is 8.14. The number of carboxylic acid groups (broad SMARTS) is 1. The Morgan fingerprint density at radius 1 is 0.844 bits per heavy atom. The normalized spacial score (nSPS) is 10.8. The maximum absolute atomic E-state index is 12.7. The second-order valence-electron chi connectivity index (χ2n) is 7.02. The monoisotopic (exact) mass is 433 g/mol. The number of aromatic nitrogens is 2. The third-order valence-corrected chi connectivity index (χ3v) is 4.66. The van der Waals surface area contributed by atoms with Gasteiger partial charge in [0.2, 0.25) is 5.91 Å². The molecule has 0 unspecified atom stereocenters. The molecule has 11 nitrogen and oxygen atoms in total. The van der Waals surface area contributed by atoms with Crippen LogP contribution in [-0.2, 0) is 4.79 Å². The van der Waals surface area contributed by atoms with Gasteiger partial charge < -0.3 is 37.2 Å². The van der Waals surface area contributed by atoms with Crippen LogP contribution in [0.4, 0.5) is 11.4 Å². The summed E-state index contributed by atoms with van der Waals surface area (Å²) in [5, 5.41) is 15.9. The lowest BCUT2D eigenvalue weighted by atomic mass is 10.2. The molecule has 0 fully saturated rings. The van der Waals surface area contributed by atoms with E-state index in [9.17, 15) is 14.4 Å². The third kappa shape index (κ3) is 4.36. The Morgan fingerprint density at radius 2 is 1.41 bits per heavy atom. The first-order valence-corrected chi connectivity index (χ1v) is 9.44. The minimum Gasteiger partial charge on any atom is -0.477 e. The Morgan fingerprint density at radius 3 is 2.00 bits per heavy atom. The van der Waals surface area contributed by atoms with Gasteiger partial charge in [0.05, 0.1) is 0 Å². The lowest BCUT2D eigenvalue weighted by molar-refractivity contribution is -0.114. The van der Waals surface area contributed by atoms with Gasteiger partial charge in [0.15, 0.2) is 5.96 Å². The van der Waals surface area contributed by atoms with Crippen LogP contribution in [0.5, 0.6) is 0 Å². The number of nitrogens with one attached hydrogen (secondary N) is 4. The van der Waals surface area contributed by atoms with Gasteiger partial charge in [0, 0.05) is 33.2 Å². The Kier molecular flexibility index (Phi) is 5.21. The summed E-state index contributed by atoms with van der Waals surface area (Å²) in [5.74, 6) is -1.98. The number of nitrogens with two attached hydrogens (primary N) is 2. The molecule has 2 heterocycles. The molecule has 0 aliphatic rings. The number of nitrogens with zero attached hydrogens (tertiary/aromatic N) is 1. The fraction of sp³-hybridized carbons (Fsp3) is 0.0476. The lowest BCUT2D eigenvalue weighted by Crippen LogP contribution is -2.25. The highest BCUT2D eigenvalue weighted by Gasteiger charge is 2.13. The summed E-state index contributed by atoms with van der Waals surface area (Å²) < 4.78 is 0. The molecular weight excluding hydrogens is 414 g/mol. The van der Waals surface area contributed by atoms with Gasteiger partial charge in [-0.15, -0.1) is 0 Å². The van der Waals surface area contributed by atoms with Crippen LogP contribution in [0.1, 0.15) is 21.0 Å². The van der Waals surface area contributed by atoms with Gasteiger partial charge in [-0.2, -0.15) is 0 Å². The number of hydrogen-bond donors (Lipinski definition) is 7. The topological polar surface area (TPSA) is 191 Å². The number of hydrogen-bond acceptors (Lipinski definition) is 4. The molecular formula is C21H19N7O4. The number of aromatic carboxylic acids is 1. The number of aromatic amines is 2. The number of H-pyrrole nitrogens is 2. The highest BCUT2D eigenvalue weighted by Crippen LogP contribution is 2.23. The number of guanidine groups is 1. The van der Waals surface area contributed by atoms with E-state index in [2.05, 4.69) is 25.6 Å². The van der Waals surface area contributed by atoms with E-state index >= 15 is 0 Å². The van der Waals surface area contributed by atoms with E-state index < -0.39 is 5.97 Å². The quantitative estimate of drug-likeness (QED) is 0.179. The fourth-order valence-corrected chi connectivity index (χ4v) is 3.22. The number of amides is 2. The predicted molar refractivity (Wildman–Crippen MR) is 121 cm³/mol. The molecule has 11 heteroatoms. The molecule has 0 spiro atoms. The summed E-state index contributed by atoms with van der Waals surface area (Å²) in [7, 11) is 0. The molecule has 0 bridgehead atoms. The number of carbonyl (C=O) groups excluding carboxylic acids is 2. The zero-order chi connectivity index (χ0) is 22.8. The minimum absolute atomic E-state index is 0.0697. The van der Waals surface area contributed by atoms with E-state index in [1.54, 1.807) is 42.5 Å². The van der Waals surface area contributed by atoms with Crippen molar-refractivity contribution in [2.75, 3.05) is 17.2 Å². The Labute approximate surface area is 180 Å². The molecule has 2 aromatic carbocycles. The van der Waals surface area contributed by atoms with E-state index in [-0.39, 0.29) is 30.0 Å². The first-order chi connectivity index (χ1) is 15.3. The maximum Gasteiger partial charge on any atom is 0.352 e. The van der Waals surface area contributed by atoms with Crippen molar-refractivity contribution in [2.45, 2.75) is 0 Å². The molecule has 4 aromatic rings. The van der Waals surface area contributed by atoms with Gasteiger partial charge in [-0.05, 0) is 48.5 Å². The standard InChI is InChI=1S/C21H19N7O4/c22-21(23)24-9-18(29)25-12-1-3-14-10(5-12)7-16(27-14)19(30)26-13-2-4-15-11(6-13)8-17(28-15)20(31)32/h1-8,27-28H,9H2,(H,25,29)(H,26,30)(H,31,32)(H4,22,23,24). The van der Waals surface area contributed by atoms with Gasteiger partial charge >= 0.3 is 5.97 Å². The number of carboxylic acids is 1. The zero-order valence-electron chi connectivity index (χ0n) is 16.6. The molecule has 0 aliphatic heterocycles. The van der Waals surface area contributed by atoms with Crippen LogP contribution in [0.15, 0.2) is 53.5 Å². The van der Waals surface area contributed by atoms with Crippen LogP contribution < -0.4 is 22.1 Å². The molecule has 0 atom stereocenters. The Bertz CT molecular complexity index is 1400. The first kappa shape index (κ1) is 20.5. The van der Waals surface area contributed by atoms with E-state index in [1.165, 1.54) is 6.07 Å². The molecule has 0 saturated carbocycles. The third-order valence-electron chi connectivity index (χ3n) is 4.66. The van der Waals surface area contributed by atoms with E-state index in [0.717, 1.165) is 5.39 Å². The van der Waals surface area contributed by atoms with Crippen molar-refractivity contribution in [3.05, 3.63) is 59.9 Å². The van der Waals surface area contributed by atoms with Crippen molar-refractivity contribution in [2.24, 2.45) is 16.5 Å². The molecule has 32 heavy (non-hydrogen) atoms. The Hall–Kier alpha value is -4.80. The zero-order valence-corrected chi connectivity index (χ0v) is 16.6. The molecule has 0 saturated heterocycles. The molecule has 0 radical (unpaired) electrons. The van der Waals surface area contributed by atoms with Crippen molar-refractivity contribution < 1.29 is 19.5 Å². The van der Waals surface area contributed by atoms with Crippen LogP contribution >= 0.6 is 0 Å². The number of fused-ring (bicyclic) bond motifs is 2. The van der Waals surface area contributed by atoms with Crippen molar-refractivity contribution in [1.82, 2.24) is 9.97 Å². The summed E-state index contributed by atoms with van der Waals surface area (Å²) in [4.78, 5) is 45.1. The fourth-order valence-electron chi connectivity index (χ4n) is 3.22. The number of benzene rings is 2. The predicted octanol–water partition coefficient (Wildman–Crippen LogP) is 1.81. The number of aliphatic imine (C=N–C) groups is 1. The van der Waals surface area contributed by atoms with E-state index in [4.69, 9.17) is 16.6 Å². The summed E-state index contributed by atoms with van der Waals surface area (Å²) in [5.41, 5.74) is 13.2. The second-order valence-corrected chi connectivity index (χ2v) is 7.02. The highest BCUT2D eigenvalue weighted by molar-refractivity contribution is 6.07. The van der Waals surface area contributed by atoms with Crippen molar-refractivity contribution >= 4 is 56.9 Å². The summed E-state index contributed by atoms with van der Waals surface area (Å²) in [6.45, 7) is -0.194. The van der Waals surface area contributed by atoms with Gasteiger partial charge in [-0.25, -0.2) is 9.79 Å². The van der Waals surface area contributed by atoms with Crippen LogP contribution in [-0.4, -0.2) is 45.4 Å². The molecule has 162 valence electrons. The molecule has 0 aliphatic carbocycles. The average molecular weight is 433 g/mol. The number of rotatable bonds is 6. The lowest BCUT2D eigenvalue weighted by Gasteiger charge is -2.03. The summed E-state index contributed by atoms with van der Waals surface area (Å²) in [6.07, 6.45) is 0. The van der Waals surface area contributed by atoms with Gasteiger partial charge in [-0.1, -0.05) is 0 Å². The summed E-state index contributed by atoms with van der Waals surface area (Å²) in [6, 6.07) is 13.4. The number of carbonyl (C=O) groups is 3. The van der Waals surface area contributed by atoms with E-state index in [0.29, 0.717) is 33.5 Å². The molecule has 4 rings (SSSR count). The van der Waals surface area contributed by atoms with Crippen molar-refractivity contribution in [1.29, 1.82) is 0 Å². The Balaban J connectivity index is 1.50. The van der Waals surface area contributed by atoms with Crippen LogP contribution in [0, 0.1) is 0 Å². The largest absolute Gasteiger partial charge is 0.477 e. The van der Waals surface area contributed by atoms with Crippen molar-refractivity contribution in [3.63, 3.8) is 0 Å². The molecule has 2 aromatic heterocycles. The van der Waals surface area contributed by atoms with E-state index in [1.807, 2.05) is 0 Å². The average Bonchev–Trinajstić information content (AvgIpc) is 3.36. The maximum atomic E-state index is 12.7. The minimum atomic E-state index is -1.06. The van der Waals surface area contributed by atoms with Gasteiger partial charge in [0.1, 0.15) is 17.9 Å². The first-order valence-electron chi connectivity index (χ1n) is 9.44. The summed E-state index contributed by atoms with van der Waals surface area (Å²) >= 11 is 0. The van der Waals surface area contributed by atoms with Gasteiger partial charge in [0.25, 0.3) is 5.91 Å². The highest BCUT2D eigenvalue weighted by atomic mass is 16.4.